The largest absolute Gasteiger partial charge is 0.481 e. The van der Waals surface area contributed by atoms with Crippen LogP contribution in [0.5, 0.6) is 0 Å². The first kappa shape index (κ1) is 8.97. The maximum Gasteiger partial charge on any atom is 0.308 e. The van der Waals surface area contributed by atoms with Crippen LogP contribution in [0.25, 0.3) is 0 Å². The monoisotopic (exact) mass is 185 g/mol. The Morgan fingerprint density at radius 3 is 3.08 bits per heavy atom. The van der Waals surface area contributed by atoms with Crippen LogP contribution < -0.4 is 5.32 Å². The first-order chi connectivity index (χ1) is 6.17. The van der Waals surface area contributed by atoms with E-state index in [2.05, 4.69) is 5.32 Å². The minimum atomic E-state index is -0.671. The van der Waals surface area contributed by atoms with Crippen molar-refractivity contribution in [2.45, 2.75) is 30.8 Å². The summed E-state index contributed by atoms with van der Waals surface area (Å²) in [5.74, 6) is -0.876. The highest BCUT2D eigenvalue weighted by Gasteiger charge is 2.52. The van der Waals surface area contributed by atoms with Crippen LogP contribution in [0.1, 0.15) is 19.3 Å². The number of methoxy groups -OCH3 is 1. The highest BCUT2D eigenvalue weighted by molar-refractivity contribution is 5.72. The van der Waals surface area contributed by atoms with Gasteiger partial charge in [0.05, 0.1) is 12.5 Å². The fourth-order valence-electron chi connectivity index (χ4n) is 2.70. The molecule has 2 heterocycles. The fraction of sp³-hybridized carbons (Fsp3) is 0.889. The molecule has 0 saturated carbocycles. The van der Waals surface area contributed by atoms with E-state index in [0.29, 0.717) is 6.61 Å². The molecule has 13 heavy (non-hydrogen) atoms. The summed E-state index contributed by atoms with van der Waals surface area (Å²) in [6.07, 6.45) is 2.75. The van der Waals surface area contributed by atoms with Crippen molar-refractivity contribution in [1.82, 2.24) is 5.32 Å². The molecule has 4 nitrogen and oxygen atoms in total. The van der Waals surface area contributed by atoms with Crippen molar-refractivity contribution in [3.8, 4) is 0 Å². The molecule has 2 N–H and O–H groups in total. The van der Waals surface area contributed by atoms with Crippen LogP contribution in [0.4, 0.5) is 0 Å². The number of rotatable bonds is 3. The van der Waals surface area contributed by atoms with Gasteiger partial charge in [-0.25, -0.2) is 0 Å². The molecule has 2 fully saturated rings. The SMILES string of the molecule is COC[C@]12CC[C@H](N1)[C@@H](C(=O)O)C2. The molecule has 0 aromatic rings. The number of fused-ring (bicyclic) bond motifs is 2. The number of hydrogen-bond donors (Lipinski definition) is 2. The second-order valence-electron chi connectivity index (χ2n) is 4.15. The van der Waals surface area contributed by atoms with Crippen LogP contribution in [0.15, 0.2) is 0 Å². The molecule has 0 spiro atoms. The van der Waals surface area contributed by atoms with Crippen LogP contribution in [-0.2, 0) is 9.53 Å². The molecule has 2 bridgehead atoms. The lowest BCUT2D eigenvalue weighted by Gasteiger charge is -2.26. The predicted molar refractivity (Wildman–Crippen MR) is 46.5 cm³/mol. The fourth-order valence-corrected chi connectivity index (χ4v) is 2.70. The average Bonchev–Trinajstić information content (AvgIpc) is 2.61. The number of hydrogen-bond acceptors (Lipinski definition) is 3. The lowest BCUT2D eigenvalue weighted by molar-refractivity contribution is -0.142. The van der Waals surface area contributed by atoms with Gasteiger partial charge in [-0.1, -0.05) is 0 Å². The lowest BCUT2D eigenvalue weighted by Crippen LogP contribution is -2.40. The number of carboxylic acids is 1. The molecule has 0 aromatic carbocycles. The summed E-state index contributed by atoms with van der Waals surface area (Å²) in [5, 5.41) is 12.3. The Morgan fingerprint density at radius 1 is 1.77 bits per heavy atom. The molecule has 2 rings (SSSR count). The van der Waals surface area contributed by atoms with Gasteiger partial charge >= 0.3 is 5.97 Å². The van der Waals surface area contributed by atoms with Crippen LogP contribution in [0, 0.1) is 5.92 Å². The molecule has 0 radical (unpaired) electrons. The maximum absolute atomic E-state index is 10.9. The molecule has 0 aliphatic carbocycles. The van der Waals surface area contributed by atoms with Gasteiger partial charge in [0, 0.05) is 18.7 Å². The highest BCUT2D eigenvalue weighted by Crippen LogP contribution is 2.41. The Hall–Kier alpha value is -0.610. The van der Waals surface area contributed by atoms with E-state index in [4.69, 9.17) is 9.84 Å². The van der Waals surface area contributed by atoms with Crippen LogP contribution >= 0.6 is 0 Å². The smallest absolute Gasteiger partial charge is 0.308 e. The van der Waals surface area contributed by atoms with Gasteiger partial charge in [0.25, 0.3) is 0 Å². The summed E-state index contributed by atoms with van der Waals surface area (Å²) in [6.45, 7) is 0.632. The summed E-state index contributed by atoms with van der Waals surface area (Å²) in [5.41, 5.74) is -0.0392. The summed E-state index contributed by atoms with van der Waals surface area (Å²) in [4.78, 5) is 10.9. The normalized spacial score (nSPS) is 42.5. The Bertz CT molecular complexity index is 231. The van der Waals surface area contributed by atoms with Crippen molar-refractivity contribution < 1.29 is 14.6 Å². The van der Waals surface area contributed by atoms with E-state index >= 15 is 0 Å². The second-order valence-corrected chi connectivity index (χ2v) is 4.15. The van der Waals surface area contributed by atoms with Gasteiger partial charge in [-0.2, -0.15) is 0 Å². The van der Waals surface area contributed by atoms with Crippen molar-refractivity contribution in [3.05, 3.63) is 0 Å². The summed E-state index contributed by atoms with van der Waals surface area (Å²) in [7, 11) is 1.66. The van der Waals surface area contributed by atoms with E-state index in [-0.39, 0.29) is 17.5 Å². The Kier molecular flexibility index (Phi) is 2.04. The highest BCUT2D eigenvalue weighted by atomic mass is 16.5. The van der Waals surface area contributed by atoms with Gasteiger partial charge in [-0.3, -0.25) is 4.79 Å². The minimum absolute atomic E-state index is 0.0392. The van der Waals surface area contributed by atoms with E-state index in [0.717, 1.165) is 19.3 Å². The molecule has 4 heteroatoms. The molecule has 2 aliphatic rings. The molecule has 0 aromatic heterocycles. The lowest BCUT2D eigenvalue weighted by atomic mass is 9.81. The number of aliphatic carboxylic acids is 1. The van der Waals surface area contributed by atoms with Gasteiger partial charge in [-0.15, -0.1) is 0 Å². The molecule has 0 unspecified atom stereocenters. The number of carboxylic acid groups (broad SMARTS) is 1. The number of carbonyl (C=O) groups is 1. The van der Waals surface area contributed by atoms with Gasteiger partial charge in [0.15, 0.2) is 0 Å². The molecule has 0 amide bonds. The Morgan fingerprint density at radius 2 is 2.54 bits per heavy atom. The molecular formula is C9H15NO3. The quantitative estimate of drug-likeness (QED) is 0.660. The zero-order chi connectivity index (χ0) is 9.47. The Balaban J connectivity index is 2.08. The third-order valence-electron chi connectivity index (χ3n) is 3.26. The minimum Gasteiger partial charge on any atom is -0.481 e. The molecule has 74 valence electrons. The van der Waals surface area contributed by atoms with Crippen LogP contribution in [-0.4, -0.2) is 36.4 Å². The average molecular weight is 185 g/mol. The van der Waals surface area contributed by atoms with E-state index in [9.17, 15) is 4.79 Å². The summed E-state index contributed by atoms with van der Waals surface area (Å²) < 4.78 is 5.12. The third-order valence-corrected chi connectivity index (χ3v) is 3.26. The van der Waals surface area contributed by atoms with Crippen molar-refractivity contribution >= 4 is 5.97 Å². The summed E-state index contributed by atoms with van der Waals surface area (Å²) >= 11 is 0. The van der Waals surface area contributed by atoms with Gasteiger partial charge < -0.3 is 15.2 Å². The van der Waals surface area contributed by atoms with E-state index in [1.54, 1.807) is 7.11 Å². The van der Waals surface area contributed by atoms with Crippen LogP contribution in [0.3, 0.4) is 0 Å². The van der Waals surface area contributed by atoms with Crippen molar-refractivity contribution in [2.75, 3.05) is 13.7 Å². The number of nitrogens with one attached hydrogen (secondary N) is 1. The Labute approximate surface area is 77.3 Å². The molecule has 2 saturated heterocycles. The predicted octanol–water partition coefficient (Wildman–Crippen LogP) is 0.228. The van der Waals surface area contributed by atoms with Crippen molar-refractivity contribution in [1.29, 1.82) is 0 Å². The van der Waals surface area contributed by atoms with E-state index in [1.165, 1.54) is 0 Å². The third kappa shape index (κ3) is 1.34. The first-order valence-electron chi connectivity index (χ1n) is 4.66. The first-order valence-corrected chi connectivity index (χ1v) is 4.66. The maximum atomic E-state index is 10.9. The molecular weight excluding hydrogens is 170 g/mol. The second kappa shape index (κ2) is 2.96. The zero-order valence-electron chi connectivity index (χ0n) is 7.75. The zero-order valence-corrected chi connectivity index (χ0v) is 7.75. The van der Waals surface area contributed by atoms with Crippen LogP contribution in [0.2, 0.25) is 0 Å². The van der Waals surface area contributed by atoms with E-state index < -0.39 is 5.97 Å². The van der Waals surface area contributed by atoms with Crippen molar-refractivity contribution in [2.24, 2.45) is 5.92 Å². The molecule has 3 atom stereocenters. The van der Waals surface area contributed by atoms with Gasteiger partial charge in [0.1, 0.15) is 0 Å². The van der Waals surface area contributed by atoms with Gasteiger partial charge in [0.2, 0.25) is 0 Å². The van der Waals surface area contributed by atoms with E-state index in [1.807, 2.05) is 0 Å². The van der Waals surface area contributed by atoms with Crippen molar-refractivity contribution in [3.63, 3.8) is 0 Å². The molecule has 2 aliphatic heterocycles. The number of ether oxygens (including phenoxy) is 1. The topological polar surface area (TPSA) is 58.6 Å². The standard InChI is InChI=1S/C9H15NO3/c1-13-5-9-3-2-7(10-9)6(4-9)8(11)12/h6-7,10H,2-5H2,1H3,(H,11,12)/t6-,7-,9+/m0/s1. The summed E-state index contributed by atoms with van der Waals surface area (Å²) in [6, 6.07) is 0.174. The van der Waals surface area contributed by atoms with Gasteiger partial charge in [-0.05, 0) is 19.3 Å².